The average molecular weight is 504 g/mol. The van der Waals surface area contributed by atoms with Crippen LogP contribution in [0.4, 0.5) is 0 Å². The molecule has 5 aliphatic carbocycles. The van der Waals surface area contributed by atoms with Crippen LogP contribution < -0.4 is 0 Å². The van der Waals surface area contributed by atoms with E-state index >= 15 is 0 Å². The van der Waals surface area contributed by atoms with E-state index in [1.54, 1.807) is 7.11 Å². The Labute approximate surface area is 225 Å². The molecule has 2 fully saturated rings. The van der Waals surface area contributed by atoms with E-state index in [1.165, 1.54) is 38.6 Å². The first-order valence-corrected chi connectivity index (χ1v) is 14.4. The monoisotopic (exact) mass is 503 g/mol. The number of methoxy groups -OCH3 is 1. The smallest absolute Gasteiger partial charge is 0.180 e. The summed E-state index contributed by atoms with van der Waals surface area (Å²) < 4.78 is 5.92. The predicted octanol–water partition coefficient (Wildman–Crippen LogP) is 6.98. The molecular formula is C35H37NO2. The molecule has 0 spiro atoms. The average Bonchev–Trinajstić information content (AvgIpc) is 3.34. The third-order valence-corrected chi connectivity index (χ3v) is 10.7. The number of benzene rings is 2. The van der Waals surface area contributed by atoms with Gasteiger partial charge in [0.15, 0.2) is 5.79 Å². The predicted molar refractivity (Wildman–Crippen MR) is 154 cm³/mol. The van der Waals surface area contributed by atoms with Crippen LogP contribution in [0.5, 0.6) is 0 Å². The van der Waals surface area contributed by atoms with E-state index in [-0.39, 0.29) is 23.3 Å². The Morgan fingerprint density at radius 1 is 0.947 bits per heavy atom. The largest absolute Gasteiger partial charge is 0.364 e. The van der Waals surface area contributed by atoms with Crippen LogP contribution in [0.1, 0.15) is 56.7 Å². The van der Waals surface area contributed by atoms with Gasteiger partial charge in [-0.05, 0) is 81.2 Å². The van der Waals surface area contributed by atoms with E-state index in [0.29, 0.717) is 29.6 Å². The summed E-state index contributed by atoms with van der Waals surface area (Å²) in [6.07, 6.45) is 15.4. The Bertz CT molecular complexity index is 1550. The highest BCUT2D eigenvalue weighted by Gasteiger charge is 2.71. The molecule has 3 heteroatoms. The van der Waals surface area contributed by atoms with Gasteiger partial charge >= 0.3 is 0 Å². The Kier molecular flexibility index (Phi) is 4.55. The van der Waals surface area contributed by atoms with E-state index in [4.69, 9.17) is 9.73 Å². The fourth-order valence-electron chi connectivity index (χ4n) is 9.16. The number of dihydropyridines is 1. The third-order valence-electron chi connectivity index (χ3n) is 10.7. The Morgan fingerprint density at radius 3 is 2.47 bits per heavy atom. The SMILES string of the molecule is COC1(O)C2C3=C(c4cc(C(C)(C)C)c5ccccc5c4C21)C1C(CC2C4C=CC=CC4C=CC21)N=C3C. The summed E-state index contributed by atoms with van der Waals surface area (Å²) in [5.74, 6) is 1.15. The quantitative estimate of drug-likeness (QED) is 0.337. The lowest BCUT2D eigenvalue weighted by atomic mass is 9.65. The molecular weight excluding hydrogens is 466 g/mol. The van der Waals surface area contributed by atoms with E-state index in [2.05, 4.69) is 94.5 Å². The first-order valence-electron chi connectivity index (χ1n) is 14.4. The maximum atomic E-state index is 11.9. The van der Waals surface area contributed by atoms with E-state index < -0.39 is 5.79 Å². The highest BCUT2D eigenvalue weighted by molar-refractivity contribution is 6.11. The lowest BCUT2D eigenvalue weighted by Gasteiger charge is -2.39. The molecule has 2 saturated carbocycles. The molecule has 2 aromatic carbocycles. The van der Waals surface area contributed by atoms with Gasteiger partial charge in [-0.1, -0.05) is 81.5 Å². The van der Waals surface area contributed by atoms with Crippen LogP contribution in [0.25, 0.3) is 16.3 Å². The standard InChI is InChI=1S/C35H37NO2/c1-18-28-31(30-23-15-14-19-10-6-7-11-20(19)24(23)17-27(30)36-18)25-16-26(34(2,3)4)21-12-8-9-13-22(21)29(25)33-32(28)35(33,37)38-5/h6-16,19-20,23-24,27,30,32-33,37H,17H2,1-5H3. The molecule has 2 aromatic rings. The number of aliphatic imine (C=N–C) groups is 1. The second-order valence-corrected chi connectivity index (χ2v) is 13.5. The number of hydrogen-bond acceptors (Lipinski definition) is 3. The fraction of sp³-hybridized carbons (Fsp3) is 0.457. The van der Waals surface area contributed by atoms with Gasteiger partial charge in [-0.2, -0.15) is 0 Å². The molecule has 0 saturated heterocycles. The van der Waals surface area contributed by atoms with Crippen molar-refractivity contribution >= 4 is 22.1 Å². The topological polar surface area (TPSA) is 41.8 Å². The summed E-state index contributed by atoms with van der Waals surface area (Å²) in [5, 5.41) is 14.4. The van der Waals surface area contributed by atoms with Crippen LogP contribution in [0.2, 0.25) is 0 Å². The summed E-state index contributed by atoms with van der Waals surface area (Å²) in [4.78, 5) is 5.39. The number of rotatable bonds is 1. The van der Waals surface area contributed by atoms with Crippen molar-refractivity contribution < 1.29 is 9.84 Å². The molecule has 3 nitrogen and oxygen atoms in total. The van der Waals surface area contributed by atoms with Crippen molar-refractivity contribution in [1.82, 2.24) is 0 Å². The van der Waals surface area contributed by atoms with Gasteiger partial charge in [0.25, 0.3) is 0 Å². The Balaban J connectivity index is 1.41. The van der Waals surface area contributed by atoms with Gasteiger partial charge in [0.05, 0.1) is 17.9 Å². The maximum absolute atomic E-state index is 11.9. The molecule has 38 heavy (non-hydrogen) atoms. The molecule has 0 radical (unpaired) electrons. The van der Waals surface area contributed by atoms with Crippen molar-refractivity contribution in [3.8, 4) is 0 Å². The second kappa shape index (κ2) is 7.46. The molecule has 194 valence electrons. The zero-order valence-electron chi connectivity index (χ0n) is 23.0. The van der Waals surface area contributed by atoms with Crippen molar-refractivity contribution in [2.75, 3.05) is 7.11 Å². The van der Waals surface area contributed by atoms with Crippen LogP contribution in [0.15, 0.2) is 77.4 Å². The molecule has 1 N–H and O–H groups in total. The van der Waals surface area contributed by atoms with Crippen molar-refractivity contribution in [1.29, 1.82) is 0 Å². The molecule has 0 amide bonds. The van der Waals surface area contributed by atoms with Crippen molar-refractivity contribution in [2.24, 2.45) is 40.5 Å². The molecule has 1 heterocycles. The molecule has 8 rings (SSSR count). The molecule has 9 unspecified atom stereocenters. The van der Waals surface area contributed by atoms with Gasteiger partial charge in [0.2, 0.25) is 0 Å². The lowest BCUT2D eigenvalue weighted by Crippen LogP contribution is -2.33. The van der Waals surface area contributed by atoms with E-state index in [0.717, 1.165) is 12.1 Å². The van der Waals surface area contributed by atoms with Crippen molar-refractivity contribution in [3.63, 3.8) is 0 Å². The van der Waals surface area contributed by atoms with Crippen LogP contribution in [0, 0.1) is 35.5 Å². The van der Waals surface area contributed by atoms with Gasteiger partial charge in [-0.15, -0.1) is 0 Å². The normalized spacial score (nSPS) is 39.7. The van der Waals surface area contributed by atoms with Gasteiger partial charge in [0.1, 0.15) is 0 Å². The van der Waals surface area contributed by atoms with Crippen molar-refractivity contribution in [2.45, 2.75) is 57.3 Å². The molecule has 1 aliphatic heterocycles. The summed E-state index contributed by atoms with van der Waals surface area (Å²) in [5.41, 5.74) is 7.84. The second-order valence-electron chi connectivity index (χ2n) is 13.5. The van der Waals surface area contributed by atoms with Crippen LogP contribution in [-0.2, 0) is 10.2 Å². The first kappa shape index (κ1) is 23.2. The molecule has 9 atom stereocenters. The highest BCUT2D eigenvalue weighted by atomic mass is 16.6. The first-order chi connectivity index (χ1) is 18.2. The van der Waals surface area contributed by atoms with Gasteiger partial charge in [0, 0.05) is 24.7 Å². The lowest BCUT2D eigenvalue weighted by molar-refractivity contribution is -0.113. The van der Waals surface area contributed by atoms with Crippen molar-refractivity contribution in [3.05, 3.63) is 89.1 Å². The minimum Gasteiger partial charge on any atom is -0.364 e. The Hall–Kier alpha value is -2.75. The fourth-order valence-corrected chi connectivity index (χ4v) is 9.16. The molecule has 6 aliphatic rings. The van der Waals surface area contributed by atoms with Gasteiger partial charge < -0.3 is 9.84 Å². The third kappa shape index (κ3) is 2.79. The number of ether oxygens (including phenoxy) is 1. The van der Waals surface area contributed by atoms with Crippen LogP contribution >= 0.6 is 0 Å². The van der Waals surface area contributed by atoms with Crippen LogP contribution in [-0.4, -0.2) is 29.8 Å². The highest BCUT2D eigenvalue weighted by Crippen LogP contribution is 2.70. The maximum Gasteiger partial charge on any atom is 0.180 e. The van der Waals surface area contributed by atoms with Gasteiger partial charge in [-0.3, -0.25) is 4.99 Å². The number of fused-ring (bicyclic) bond motifs is 13. The van der Waals surface area contributed by atoms with Crippen LogP contribution in [0.3, 0.4) is 0 Å². The number of aliphatic hydroxyl groups is 1. The summed E-state index contributed by atoms with van der Waals surface area (Å²) in [6, 6.07) is 11.6. The van der Waals surface area contributed by atoms with E-state index in [9.17, 15) is 5.11 Å². The zero-order valence-corrected chi connectivity index (χ0v) is 23.0. The Morgan fingerprint density at radius 2 is 1.71 bits per heavy atom. The summed E-state index contributed by atoms with van der Waals surface area (Å²) in [7, 11) is 1.67. The molecule has 0 aromatic heterocycles. The molecule has 0 bridgehead atoms. The summed E-state index contributed by atoms with van der Waals surface area (Å²) in [6.45, 7) is 9.14. The minimum absolute atomic E-state index is 0.0000807. The van der Waals surface area contributed by atoms with Gasteiger partial charge in [-0.25, -0.2) is 0 Å². The number of nitrogens with zero attached hydrogens (tertiary/aromatic N) is 1. The summed E-state index contributed by atoms with van der Waals surface area (Å²) >= 11 is 0. The minimum atomic E-state index is -1.18. The number of allylic oxidation sites excluding steroid dienone is 6. The zero-order chi connectivity index (χ0) is 26.1. The number of hydrogen-bond donors (Lipinski definition) is 1. The van der Waals surface area contributed by atoms with E-state index in [1.807, 2.05) is 0 Å².